The summed E-state index contributed by atoms with van der Waals surface area (Å²) in [6.07, 6.45) is 0. The third kappa shape index (κ3) is 4.64. The molecule has 0 saturated carbocycles. The van der Waals surface area contributed by atoms with Gasteiger partial charge in [-0.1, -0.05) is 12.1 Å². The smallest absolute Gasteiger partial charge is 0.119 e. The molecular formula is C13H21NO2. The van der Waals surface area contributed by atoms with E-state index in [-0.39, 0.29) is 0 Å². The van der Waals surface area contributed by atoms with Crippen LogP contribution < -0.4 is 4.74 Å². The third-order valence-electron chi connectivity index (χ3n) is 2.41. The molecule has 0 spiro atoms. The van der Waals surface area contributed by atoms with Gasteiger partial charge < -0.3 is 9.47 Å². The van der Waals surface area contributed by atoms with E-state index < -0.39 is 0 Å². The molecule has 3 nitrogen and oxygen atoms in total. The molecule has 1 aromatic rings. The third-order valence-corrected chi connectivity index (χ3v) is 2.41. The lowest BCUT2D eigenvalue weighted by molar-refractivity contribution is 0.120. The molecule has 0 bridgehead atoms. The Hall–Kier alpha value is -1.06. The van der Waals surface area contributed by atoms with E-state index in [0.717, 1.165) is 32.1 Å². The summed E-state index contributed by atoms with van der Waals surface area (Å²) in [7, 11) is 3.79. The van der Waals surface area contributed by atoms with E-state index in [9.17, 15) is 0 Å². The van der Waals surface area contributed by atoms with Gasteiger partial charge in [0.15, 0.2) is 0 Å². The first-order valence-electron chi connectivity index (χ1n) is 5.65. The highest BCUT2D eigenvalue weighted by Gasteiger charge is 2.01. The van der Waals surface area contributed by atoms with Crippen molar-refractivity contribution in [3.63, 3.8) is 0 Å². The molecule has 0 aliphatic carbocycles. The Bertz CT molecular complexity index is 302. The zero-order valence-electron chi connectivity index (χ0n) is 10.4. The van der Waals surface area contributed by atoms with Crippen molar-refractivity contribution in [3.05, 3.63) is 29.8 Å². The first-order valence-corrected chi connectivity index (χ1v) is 5.65. The Kier molecular flexibility index (Phi) is 5.90. The Morgan fingerprint density at radius 3 is 2.81 bits per heavy atom. The van der Waals surface area contributed by atoms with Gasteiger partial charge in [0, 0.05) is 19.7 Å². The maximum atomic E-state index is 5.32. The van der Waals surface area contributed by atoms with Gasteiger partial charge in [0.2, 0.25) is 0 Å². The fraction of sp³-hybridized carbons (Fsp3) is 0.538. The second-order valence-electron chi connectivity index (χ2n) is 3.79. The molecule has 3 heteroatoms. The monoisotopic (exact) mass is 223 g/mol. The van der Waals surface area contributed by atoms with Gasteiger partial charge in [-0.25, -0.2) is 0 Å². The van der Waals surface area contributed by atoms with Crippen LogP contribution in [0.25, 0.3) is 0 Å². The van der Waals surface area contributed by atoms with Crippen LogP contribution in [0.1, 0.15) is 12.5 Å². The second-order valence-corrected chi connectivity index (χ2v) is 3.79. The minimum absolute atomic E-state index is 0.785. The van der Waals surface area contributed by atoms with Crippen LogP contribution in [-0.4, -0.2) is 38.8 Å². The summed E-state index contributed by atoms with van der Waals surface area (Å²) < 4.78 is 10.5. The fourth-order valence-corrected chi connectivity index (χ4v) is 1.53. The predicted octanol–water partition coefficient (Wildman–Crippen LogP) is 2.16. The number of methoxy groups -OCH3 is 1. The van der Waals surface area contributed by atoms with Crippen LogP contribution in [0.4, 0.5) is 0 Å². The number of hydrogen-bond acceptors (Lipinski definition) is 3. The Morgan fingerprint density at radius 2 is 2.12 bits per heavy atom. The Balaban J connectivity index is 2.39. The van der Waals surface area contributed by atoms with Gasteiger partial charge in [0.05, 0.1) is 13.7 Å². The van der Waals surface area contributed by atoms with Crippen LogP contribution in [0, 0.1) is 0 Å². The van der Waals surface area contributed by atoms with Gasteiger partial charge in [-0.05, 0) is 31.7 Å². The second kappa shape index (κ2) is 7.25. The molecule has 0 N–H and O–H groups in total. The summed E-state index contributed by atoms with van der Waals surface area (Å²) in [5.41, 5.74) is 1.26. The van der Waals surface area contributed by atoms with Crippen molar-refractivity contribution in [2.75, 3.05) is 33.9 Å². The summed E-state index contributed by atoms with van der Waals surface area (Å²) in [5.74, 6) is 0.913. The van der Waals surface area contributed by atoms with Crippen LogP contribution in [0.15, 0.2) is 24.3 Å². The van der Waals surface area contributed by atoms with Crippen molar-refractivity contribution in [1.82, 2.24) is 4.90 Å². The summed E-state index contributed by atoms with van der Waals surface area (Å²) >= 11 is 0. The van der Waals surface area contributed by atoms with Crippen molar-refractivity contribution in [1.29, 1.82) is 0 Å². The van der Waals surface area contributed by atoms with Crippen molar-refractivity contribution in [2.24, 2.45) is 0 Å². The van der Waals surface area contributed by atoms with E-state index in [1.54, 1.807) is 7.11 Å². The van der Waals surface area contributed by atoms with Crippen LogP contribution in [-0.2, 0) is 11.3 Å². The minimum Gasteiger partial charge on any atom is -0.497 e. The van der Waals surface area contributed by atoms with Crippen molar-refractivity contribution >= 4 is 0 Å². The quantitative estimate of drug-likeness (QED) is 0.661. The molecule has 0 radical (unpaired) electrons. The molecule has 0 aliphatic heterocycles. The maximum Gasteiger partial charge on any atom is 0.119 e. The summed E-state index contributed by atoms with van der Waals surface area (Å²) in [6.45, 7) is 5.46. The lowest BCUT2D eigenvalue weighted by atomic mass is 10.2. The molecule has 0 amide bonds. The average Bonchev–Trinajstić information content (AvgIpc) is 2.29. The van der Waals surface area contributed by atoms with E-state index in [4.69, 9.17) is 9.47 Å². The largest absolute Gasteiger partial charge is 0.497 e. The number of likely N-dealkylation sites (N-methyl/N-ethyl adjacent to an activating group) is 1. The topological polar surface area (TPSA) is 21.7 Å². The molecule has 0 unspecified atom stereocenters. The fourth-order valence-electron chi connectivity index (χ4n) is 1.53. The van der Waals surface area contributed by atoms with Crippen LogP contribution in [0.5, 0.6) is 5.75 Å². The van der Waals surface area contributed by atoms with E-state index in [2.05, 4.69) is 24.1 Å². The summed E-state index contributed by atoms with van der Waals surface area (Å²) in [5, 5.41) is 0. The normalized spacial score (nSPS) is 10.8. The summed E-state index contributed by atoms with van der Waals surface area (Å²) in [6, 6.07) is 8.16. The molecule has 0 aromatic heterocycles. The van der Waals surface area contributed by atoms with E-state index in [1.807, 2.05) is 19.1 Å². The lowest BCUT2D eigenvalue weighted by Crippen LogP contribution is -2.22. The zero-order valence-corrected chi connectivity index (χ0v) is 10.4. The van der Waals surface area contributed by atoms with E-state index in [1.165, 1.54) is 5.56 Å². The van der Waals surface area contributed by atoms with Gasteiger partial charge in [-0.2, -0.15) is 0 Å². The number of nitrogens with zero attached hydrogens (tertiary/aromatic N) is 1. The standard InChI is InChI=1S/C13H21NO2/c1-4-16-9-8-14(2)11-12-6-5-7-13(10-12)15-3/h5-7,10H,4,8-9,11H2,1-3H3. The lowest BCUT2D eigenvalue weighted by Gasteiger charge is -2.16. The molecular weight excluding hydrogens is 202 g/mol. The van der Waals surface area contributed by atoms with Gasteiger partial charge in [0.25, 0.3) is 0 Å². The molecule has 0 aliphatic rings. The molecule has 0 fully saturated rings. The van der Waals surface area contributed by atoms with E-state index in [0.29, 0.717) is 0 Å². The molecule has 1 aromatic carbocycles. The SMILES string of the molecule is CCOCCN(C)Cc1cccc(OC)c1. The molecule has 0 atom stereocenters. The number of benzene rings is 1. The van der Waals surface area contributed by atoms with Gasteiger partial charge in [0.1, 0.15) is 5.75 Å². The van der Waals surface area contributed by atoms with Gasteiger partial charge in [-0.15, -0.1) is 0 Å². The molecule has 0 heterocycles. The number of ether oxygens (including phenoxy) is 2. The molecule has 16 heavy (non-hydrogen) atoms. The van der Waals surface area contributed by atoms with Gasteiger partial charge in [-0.3, -0.25) is 4.90 Å². The Morgan fingerprint density at radius 1 is 1.31 bits per heavy atom. The van der Waals surface area contributed by atoms with Crippen LogP contribution in [0.2, 0.25) is 0 Å². The Labute approximate surface area is 98.0 Å². The average molecular weight is 223 g/mol. The zero-order chi connectivity index (χ0) is 11.8. The molecule has 0 saturated heterocycles. The highest BCUT2D eigenvalue weighted by Crippen LogP contribution is 2.13. The molecule has 90 valence electrons. The molecule has 1 rings (SSSR count). The van der Waals surface area contributed by atoms with Crippen molar-refractivity contribution in [2.45, 2.75) is 13.5 Å². The predicted molar refractivity (Wildman–Crippen MR) is 65.8 cm³/mol. The first-order chi connectivity index (χ1) is 7.76. The van der Waals surface area contributed by atoms with Crippen LogP contribution in [0.3, 0.4) is 0 Å². The summed E-state index contributed by atoms with van der Waals surface area (Å²) in [4.78, 5) is 2.24. The number of hydrogen-bond donors (Lipinski definition) is 0. The van der Waals surface area contributed by atoms with Crippen molar-refractivity contribution < 1.29 is 9.47 Å². The van der Waals surface area contributed by atoms with Crippen molar-refractivity contribution in [3.8, 4) is 5.75 Å². The minimum atomic E-state index is 0.785. The van der Waals surface area contributed by atoms with E-state index >= 15 is 0 Å². The number of rotatable bonds is 7. The van der Waals surface area contributed by atoms with Crippen LogP contribution >= 0.6 is 0 Å². The van der Waals surface area contributed by atoms with Gasteiger partial charge >= 0.3 is 0 Å². The highest BCUT2D eigenvalue weighted by molar-refractivity contribution is 5.28. The highest BCUT2D eigenvalue weighted by atomic mass is 16.5. The maximum absolute atomic E-state index is 5.32. The first kappa shape index (κ1) is 13.0.